The number of halogens is 4. The lowest BCUT2D eigenvalue weighted by molar-refractivity contribution is -0.137. The summed E-state index contributed by atoms with van der Waals surface area (Å²) in [6.07, 6.45) is -5.43. The lowest BCUT2D eigenvalue weighted by Crippen LogP contribution is -2.42. The van der Waals surface area contributed by atoms with Crippen LogP contribution in [0.15, 0.2) is 18.2 Å². The van der Waals surface area contributed by atoms with Gasteiger partial charge >= 0.3 is 12.3 Å². The molecule has 0 saturated carbocycles. The molecule has 0 atom stereocenters. The number of hydrogen-bond donors (Lipinski definition) is 1. The molecule has 0 unspecified atom stereocenters. The zero-order valence-corrected chi connectivity index (χ0v) is 11.3. The summed E-state index contributed by atoms with van der Waals surface area (Å²) in [6.45, 7) is 5.16. The second-order valence-electron chi connectivity index (χ2n) is 4.90. The fourth-order valence-corrected chi connectivity index (χ4v) is 1.45. The highest BCUT2D eigenvalue weighted by Crippen LogP contribution is 2.36. The van der Waals surface area contributed by atoms with Crippen molar-refractivity contribution in [3.8, 4) is 5.75 Å². The molecule has 0 bridgehead atoms. The molecular formula is C12H13ClF3NO2. The SMILES string of the molecule is CC(C)(C)NC(=O)Oc1ccc(Cl)c(C(F)(F)F)c1. The van der Waals surface area contributed by atoms with Crippen molar-refractivity contribution in [2.24, 2.45) is 0 Å². The third-order valence-electron chi connectivity index (χ3n) is 1.93. The summed E-state index contributed by atoms with van der Waals surface area (Å²) < 4.78 is 42.6. The standard InChI is InChI=1S/C12H13ClF3NO2/c1-11(2,3)17-10(18)19-7-4-5-9(13)8(6-7)12(14,15)16/h4-6H,1-3H3,(H,17,18). The molecule has 7 heteroatoms. The van der Waals surface area contributed by atoms with Crippen LogP contribution in [-0.2, 0) is 6.18 Å². The monoisotopic (exact) mass is 295 g/mol. The highest BCUT2D eigenvalue weighted by Gasteiger charge is 2.33. The van der Waals surface area contributed by atoms with Gasteiger partial charge in [-0.25, -0.2) is 4.79 Å². The van der Waals surface area contributed by atoms with E-state index in [2.05, 4.69) is 5.32 Å². The van der Waals surface area contributed by atoms with E-state index in [1.807, 2.05) is 0 Å². The Balaban J connectivity index is 2.89. The van der Waals surface area contributed by atoms with E-state index in [-0.39, 0.29) is 5.75 Å². The van der Waals surface area contributed by atoms with Gasteiger partial charge in [0.15, 0.2) is 0 Å². The molecule has 19 heavy (non-hydrogen) atoms. The quantitative estimate of drug-likeness (QED) is 0.841. The maximum Gasteiger partial charge on any atom is 0.417 e. The van der Waals surface area contributed by atoms with Crippen molar-refractivity contribution in [3.63, 3.8) is 0 Å². The second kappa shape index (κ2) is 5.28. The first-order chi connectivity index (χ1) is 8.49. The summed E-state index contributed by atoms with van der Waals surface area (Å²) in [7, 11) is 0. The summed E-state index contributed by atoms with van der Waals surface area (Å²) in [4.78, 5) is 11.4. The molecule has 0 heterocycles. The molecule has 1 aromatic carbocycles. The highest BCUT2D eigenvalue weighted by atomic mass is 35.5. The van der Waals surface area contributed by atoms with Gasteiger partial charge in [0.25, 0.3) is 0 Å². The van der Waals surface area contributed by atoms with Crippen LogP contribution in [0.2, 0.25) is 5.02 Å². The largest absolute Gasteiger partial charge is 0.417 e. The van der Waals surface area contributed by atoms with Crippen LogP contribution in [0.4, 0.5) is 18.0 Å². The van der Waals surface area contributed by atoms with E-state index in [1.165, 1.54) is 6.07 Å². The van der Waals surface area contributed by atoms with E-state index in [0.717, 1.165) is 6.07 Å². The molecular weight excluding hydrogens is 283 g/mol. The minimum Gasteiger partial charge on any atom is -0.410 e. The molecule has 0 fully saturated rings. The first kappa shape index (κ1) is 15.6. The predicted octanol–water partition coefficient (Wildman–Crippen LogP) is 4.25. The Morgan fingerprint density at radius 2 is 1.84 bits per heavy atom. The van der Waals surface area contributed by atoms with Crippen LogP contribution in [0.5, 0.6) is 5.75 Å². The van der Waals surface area contributed by atoms with Gasteiger partial charge in [0.05, 0.1) is 10.6 Å². The molecule has 1 amide bonds. The Bertz CT molecular complexity index is 481. The topological polar surface area (TPSA) is 38.3 Å². The van der Waals surface area contributed by atoms with Gasteiger partial charge < -0.3 is 10.1 Å². The molecule has 0 spiro atoms. The number of alkyl halides is 3. The molecule has 0 aliphatic carbocycles. The zero-order valence-electron chi connectivity index (χ0n) is 10.6. The van der Waals surface area contributed by atoms with Crippen LogP contribution in [0.1, 0.15) is 26.3 Å². The van der Waals surface area contributed by atoms with Crippen molar-refractivity contribution in [2.45, 2.75) is 32.5 Å². The number of hydrogen-bond acceptors (Lipinski definition) is 2. The number of ether oxygens (including phenoxy) is 1. The predicted molar refractivity (Wildman–Crippen MR) is 65.4 cm³/mol. The number of carbonyl (C=O) groups is 1. The van der Waals surface area contributed by atoms with E-state index < -0.39 is 28.4 Å². The van der Waals surface area contributed by atoms with Crippen LogP contribution < -0.4 is 10.1 Å². The van der Waals surface area contributed by atoms with Crippen molar-refractivity contribution in [3.05, 3.63) is 28.8 Å². The summed E-state index contributed by atoms with van der Waals surface area (Å²) >= 11 is 5.45. The minimum atomic E-state index is -4.60. The molecule has 1 aromatic rings. The molecule has 1 N–H and O–H groups in total. The van der Waals surface area contributed by atoms with Crippen LogP contribution in [0.3, 0.4) is 0 Å². The molecule has 0 aliphatic heterocycles. The minimum absolute atomic E-state index is 0.224. The van der Waals surface area contributed by atoms with Gasteiger partial charge in [-0.3, -0.25) is 0 Å². The third kappa shape index (κ3) is 4.98. The van der Waals surface area contributed by atoms with Gasteiger partial charge in [0, 0.05) is 5.54 Å². The fourth-order valence-electron chi connectivity index (χ4n) is 1.22. The van der Waals surface area contributed by atoms with Crippen molar-refractivity contribution >= 4 is 17.7 Å². The van der Waals surface area contributed by atoms with Gasteiger partial charge in [0.1, 0.15) is 5.75 Å². The maximum atomic E-state index is 12.6. The van der Waals surface area contributed by atoms with Crippen molar-refractivity contribution < 1.29 is 22.7 Å². The van der Waals surface area contributed by atoms with Crippen LogP contribution in [-0.4, -0.2) is 11.6 Å². The Hall–Kier alpha value is -1.43. The molecule has 0 aromatic heterocycles. The average Bonchev–Trinajstić information content (AvgIpc) is 2.16. The molecule has 0 saturated heterocycles. The molecule has 0 aliphatic rings. The van der Waals surface area contributed by atoms with Gasteiger partial charge in [-0.1, -0.05) is 11.6 Å². The number of carbonyl (C=O) groups excluding carboxylic acids is 1. The maximum absolute atomic E-state index is 12.6. The number of rotatable bonds is 1. The Morgan fingerprint density at radius 3 is 2.32 bits per heavy atom. The third-order valence-corrected chi connectivity index (χ3v) is 2.26. The Morgan fingerprint density at radius 1 is 1.26 bits per heavy atom. The summed E-state index contributed by atoms with van der Waals surface area (Å²) in [5.74, 6) is -0.224. The van der Waals surface area contributed by atoms with Crippen molar-refractivity contribution in [1.82, 2.24) is 5.32 Å². The first-order valence-corrected chi connectivity index (χ1v) is 5.73. The lowest BCUT2D eigenvalue weighted by atomic mass is 10.1. The smallest absolute Gasteiger partial charge is 0.410 e. The zero-order chi connectivity index (χ0) is 14.8. The number of amides is 1. The molecule has 106 valence electrons. The summed E-state index contributed by atoms with van der Waals surface area (Å²) in [5, 5.41) is 2.02. The fraction of sp³-hybridized carbons (Fsp3) is 0.417. The first-order valence-electron chi connectivity index (χ1n) is 5.36. The van der Waals surface area contributed by atoms with E-state index in [1.54, 1.807) is 20.8 Å². The van der Waals surface area contributed by atoms with Gasteiger partial charge in [-0.05, 0) is 39.0 Å². The summed E-state index contributed by atoms with van der Waals surface area (Å²) in [5.41, 5.74) is -1.59. The van der Waals surface area contributed by atoms with Crippen LogP contribution in [0.25, 0.3) is 0 Å². The number of benzene rings is 1. The van der Waals surface area contributed by atoms with Crippen LogP contribution in [0, 0.1) is 0 Å². The van der Waals surface area contributed by atoms with Crippen molar-refractivity contribution in [2.75, 3.05) is 0 Å². The van der Waals surface area contributed by atoms with Crippen molar-refractivity contribution in [1.29, 1.82) is 0 Å². The van der Waals surface area contributed by atoms with Gasteiger partial charge in [-0.2, -0.15) is 13.2 Å². The lowest BCUT2D eigenvalue weighted by Gasteiger charge is -2.20. The van der Waals surface area contributed by atoms with E-state index in [0.29, 0.717) is 6.07 Å². The molecule has 1 rings (SSSR count). The van der Waals surface area contributed by atoms with Crippen LogP contribution >= 0.6 is 11.6 Å². The average molecular weight is 296 g/mol. The van der Waals surface area contributed by atoms with E-state index in [4.69, 9.17) is 16.3 Å². The van der Waals surface area contributed by atoms with Gasteiger partial charge in [-0.15, -0.1) is 0 Å². The highest BCUT2D eigenvalue weighted by molar-refractivity contribution is 6.31. The summed E-state index contributed by atoms with van der Waals surface area (Å²) in [6, 6.07) is 2.91. The van der Waals surface area contributed by atoms with E-state index in [9.17, 15) is 18.0 Å². The molecule has 3 nitrogen and oxygen atoms in total. The number of nitrogens with one attached hydrogen (secondary N) is 1. The second-order valence-corrected chi connectivity index (χ2v) is 5.31. The normalized spacial score (nSPS) is 12.2. The molecule has 0 radical (unpaired) electrons. The Labute approximate surface area is 113 Å². The van der Waals surface area contributed by atoms with Gasteiger partial charge in [0.2, 0.25) is 0 Å². The Kier molecular flexibility index (Phi) is 4.35. The van der Waals surface area contributed by atoms with E-state index >= 15 is 0 Å².